The Balaban J connectivity index is 3.16. The third-order valence-electron chi connectivity index (χ3n) is 3.54. The summed E-state index contributed by atoms with van der Waals surface area (Å²) in [5.74, 6) is 1.36. The van der Waals surface area contributed by atoms with Crippen LogP contribution in [0.15, 0.2) is 24.3 Å². The fourth-order valence-electron chi connectivity index (χ4n) is 2.47. The van der Waals surface area contributed by atoms with Gasteiger partial charge in [-0.05, 0) is 40.7 Å². The van der Waals surface area contributed by atoms with Gasteiger partial charge in [0.05, 0.1) is 0 Å². The molecule has 1 aromatic rings. The summed E-state index contributed by atoms with van der Waals surface area (Å²) in [5, 5.41) is 5.10. The van der Waals surface area contributed by atoms with Crippen LogP contribution in [0, 0.1) is 24.8 Å². The van der Waals surface area contributed by atoms with Gasteiger partial charge in [0.25, 0.3) is 5.91 Å². The largest absolute Gasteiger partial charge is 0.444 e. The molecule has 0 spiro atoms. The Kier molecular flexibility index (Phi) is 8.29. The first-order chi connectivity index (χ1) is 13.5. The van der Waals surface area contributed by atoms with Gasteiger partial charge < -0.3 is 15.4 Å². The molecule has 7 nitrogen and oxygen atoms in total. The number of nitrogens with one attached hydrogen (secondary N) is 2. The van der Waals surface area contributed by atoms with Crippen molar-refractivity contribution in [2.45, 2.75) is 52.3 Å². The molecule has 2 N–H and O–H groups in total. The molecule has 1 unspecified atom stereocenters. The SMILES string of the molecule is C#Cc1ccccc1C(C(=O)NC(C)C)N(C#C)C(=O)CNC(=O)OC(C)(C)C. The maximum absolute atomic E-state index is 12.9. The molecule has 0 bridgehead atoms. The van der Waals surface area contributed by atoms with Crippen molar-refractivity contribution < 1.29 is 19.1 Å². The molecule has 0 saturated heterocycles. The highest BCUT2D eigenvalue weighted by Gasteiger charge is 2.32. The molecular weight excluding hydrogens is 370 g/mol. The van der Waals surface area contributed by atoms with E-state index in [0.29, 0.717) is 11.1 Å². The zero-order valence-electron chi connectivity index (χ0n) is 17.4. The van der Waals surface area contributed by atoms with E-state index >= 15 is 0 Å². The Hall–Kier alpha value is -3.45. The van der Waals surface area contributed by atoms with Crippen LogP contribution in [0.1, 0.15) is 51.8 Å². The minimum Gasteiger partial charge on any atom is -0.444 e. The van der Waals surface area contributed by atoms with E-state index in [0.717, 1.165) is 4.90 Å². The van der Waals surface area contributed by atoms with Gasteiger partial charge in [0.15, 0.2) is 0 Å². The number of rotatable bonds is 6. The van der Waals surface area contributed by atoms with Crippen molar-refractivity contribution in [1.29, 1.82) is 0 Å². The Morgan fingerprint density at radius 3 is 2.31 bits per heavy atom. The molecule has 1 atom stereocenters. The molecule has 0 aliphatic heterocycles. The van der Waals surface area contributed by atoms with Crippen molar-refractivity contribution in [1.82, 2.24) is 15.5 Å². The number of nitrogens with zero attached hydrogens (tertiary/aromatic N) is 1. The van der Waals surface area contributed by atoms with Gasteiger partial charge in [-0.1, -0.05) is 30.5 Å². The van der Waals surface area contributed by atoms with Crippen LogP contribution in [0.5, 0.6) is 0 Å². The average molecular weight is 397 g/mol. The third-order valence-corrected chi connectivity index (χ3v) is 3.54. The zero-order chi connectivity index (χ0) is 22.2. The second-order valence-electron chi connectivity index (χ2n) is 7.55. The molecule has 0 aliphatic carbocycles. The predicted octanol–water partition coefficient (Wildman–Crippen LogP) is 2.18. The highest BCUT2D eigenvalue weighted by molar-refractivity contribution is 5.92. The minimum absolute atomic E-state index is 0.183. The number of carbonyl (C=O) groups excluding carboxylic acids is 3. The monoisotopic (exact) mass is 397 g/mol. The lowest BCUT2D eigenvalue weighted by atomic mass is 9.98. The highest BCUT2D eigenvalue weighted by atomic mass is 16.6. The number of hydrogen-bond acceptors (Lipinski definition) is 4. The molecule has 1 rings (SSSR count). The van der Waals surface area contributed by atoms with Crippen LogP contribution in [-0.4, -0.2) is 41.0 Å². The van der Waals surface area contributed by atoms with E-state index in [1.807, 2.05) is 0 Å². The third kappa shape index (κ3) is 7.23. The fourth-order valence-corrected chi connectivity index (χ4v) is 2.47. The Morgan fingerprint density at radius 1 is 1.17 bits per heavy atom. The lowest BCUT2D eigenvalue weighted by Crippen LogP contribution is -2.47. The van der Waals surface area contributed by atoms with Crippen molar-refractivity contribution >= 4 is 17.9 Å². The fraction of sp³-hybridized carbons (Fsp3) is 0.409. The molecule has 0 saturated carbocycles. The van der Waals surface area contributed by atoms with Gasteiger partial charge in [0, 0.05) is 23.2 Å². The number of ether oxygens (including phenoxy) is 1. The van der Waals surface area contributed by atoms with Crippen LogP contribution >= 0.6 is 0 Å². The van der Waals surface area contributed by atoms with Gasteiger partial charge in [-0.3, -0.25) is 14.5 Å². The molecule has 0 radical (unpaired) electrons. The van der Waals surface area contributed by atoms with E-state index in [-0.39, 0.29) is 6.04 Å². The van der Waals surface area contributed by atoms with E-state index in [9.17, 15) is 14.4 Å². The first-order valence-electron chi connectivity index (χ1n) is 9.11. The lowest BCUT2D eigenvalue weighted by molar-refractivity contribution is -0.136. The van der Waals surface area contributed by atoms with Crippen LogP contribution in [0.25, 0.3) is 0 Å². The highest BCUT2D eigenvalue weighted by Crippen LogP contribution is 2.24. The summed E-state index contributed by atoms with van der Waals surface area (Å²) in [7, 11) is 0. The molecule has 0 heterocycles. The van der Waals surface area contributed by atoms with Crippen molar-refractivity contribution in [3.8, 4) is 24.8 Å². The van der Waals surface area contributed by atoms with E-state index in [1.54, 1.807) is 58.9 Å². The zero-order valence-corrected chi connectivity index (χ0v) is 17.4. The summed E-state index contributed by atoms with van der Waals surface area (Å²) in [4.78, 5) is 38.4. The Labute approximate surface area is 172 Å². The maximum Gasteiger partial charge on any atom is 0.408 e. The molecule has 0 fully saturated rings. The maximum atomic E-state index is 12.9. The number of benzene rings is 1. The second-order valence-corrected chi connectivity index (χ2v) is 7.55. The molecule has 29 heavy (non-hydrogen) atoms. The number of amides is 3. The molecule has 1 aromatic carbocycles. The summed E-state index contributed by atoms with van der Waals surface area (Å²) in [6, 6.07) is 7.62. The Bertz CT molecular complexity index is 841. The first-order valence-corrected chi connectivity index (χ1v) is 9.11. The van der Waals surface area contributed by atoms with Gasteiger partial charge in [0.1, 0.15) is 18.2 Å². The molecule has 154 valence electrons. The van der Waals surface area contributed by atoms with E-state index in [4.69, 9.17) is 17.6 Å². The van der Waals surface area contributed by atoms with Gasteiger partial charge in [-0.2, -0.15) is 0 Å². The minimum atomic E-state index is -1.15. The van der Waals surface area contributed by atoms with E-state index in [2.05, 4.69) is 22.6 Å². The van der Waals surface area contributed by atoms with Crippen LogP contribution in [0.4, 0.5) is 4.79 Å². The lowest BCUT2D eigenvalue weighted by Gasteiger charge is -2.28. The van der Waals surface area contributed by atoms with Gasteiger partial charge in [0.2, 0.25) is 5.91 Å². The van der Waals surface area contributed by atoms with Crippen molar-refractivity contribution in [2.24, 2.45) is 0 Å². The summed E-state index contributed by atoms with van der Waals surface area (Å²) >= 11 is 0. The second kappa shape index (κ2) is 10.2. The molecule has 0 aromatic heterocycles. The summed E-state index contributed by atoms with van der Waals surface area (Å²) in [6.07, 6.45) is 10.3. The molecule has 7 heteroatoms. The van der Waals surface area contributed by atoms with Gasteiger partial charge >= 0.3 is 6.09 Å². The summed E-state index contributed by atoms with van der Waals surface area (Å²) in [6.45, 7) is 8.23. The van der Waals surface area contributed by atoms with Crippen molar-refractivity contribution in [3.05, 3.63) is 35.4 Å². The van der Waals surface area contributed by atoms with Crippen molar-refractivity contribution in [2.75, 3.05) is 6.54 Å². The molecule has 3 amide bonds. The quantitative estimate of drug-likeness (QED) is 0.569. The predicted molar refractivity (Wildman–Crippen MR) is 110 cm³/mol. The Morgan fingerprint density at radius 2 is 1.79 bits per heavy atom. The van der Waals surface area contributed by atoms with Gasteiger partial charge in [-0.15, -0.1) is 6.42 Å². The standard InChI is InChI=1S/C22H27N3O4/c1-8-16-12-10-11-13-17(16)19(20(27)24-15(3)4)25(9-2)18(26)14-23-21(28)29-22(5,6)7/h1-2,10-13,15,19H,14H2,3-7H3,(H,23,28)(H,24,27). The van der Waals surface area contributed by atoms with Crippen LogP contribution in [-0.2, 0) is 14.3 Å². The average Bonchev–Trinajstić information content (AvgIpc) is 2.62. The smallest absolute Gasteiger partial charge is 0.408 e. The summed E-state index contributed by atoms with van der Waals surface area (Å²) < 4.78 is 5.10. The number of alkyl carbamates (subject to hydrolysis) is 1. The first kappa shape index (κ1) is 23.6. The van der Waals surface area contributed by atoms with Crippen molar-refractivity contribution in [3.63, 3.8) is 0 Å². The van der Waals surface area contributed by atoms with Gasteiger partial charge in [-0.25, -0.2) is 4.79 Å². The van der Waals surface area contributed by atoms with Crippen LogP contribution < -0.4 is 10.6 Å². The molecular formula is C22H27N3O4. The normalized spacial score (nSPS) is 11.6. The van der Waals surface area contributed by atoms with Crippen LogP contribution in [0.3, 0.4) is 0 Å². The number of hydrogen-bond donors (Lipinski definition) is 2. The van der Waals surface area contributed by atoms with Crippen LogP contribution in [0.2, 0.25) is 0 Å². The number of terminal acetylenes is 2. The number of carbonyl (C=O) groups is 3. The van der Waals surface area contributed by atoms with E-state index in [1.165, 1.54) is 0 Å². The van der Waals surface area contributed by atoms with E-state index < -0.39 is 36.1 Å². The topological polar surface area (TPSA) is 87.7 Å². The molecule has 0 aliphatic rings. The summed E-state index contributed by atoms with van der Waals surface area (Å²) in [5.41, 5.74) is 0.131.